The number of ketones is 1. The van der Waals surface area contributed by atoms with E-state index in [1.54, 1.807) is 55.5 Å². The number of Topliss-reactive ketones (excluding diaryl/α,β-unsaturated/α-hetero) is 1. The topological polar surface area (TPSA) is 96.3 Å². The van der Waals surface area contributed by atoms with Crippen LogP contribution in [0.4, 0.5) is 5.69 Å². The third-order valence-corrected chi connectivity index (χ3v) is 6.88. The number of phenols is 1. The minimum Gasteiger partial charge on any atom is -0.507 e. The molecule has 0 aromatic heterocycles. The van der Waals surface area contributed by atoms with Gasteiger partial charge >= 0.3 is 0 Å². The molecule has 0 bridgehead atoms. The van der Waals surface area contributed by atoms with E-state index in [0.29, 0.717) is 34.9 Å². The molecule has 1 saturated heterocycles. The number of carbonyl (C=O) groups is 2. The molecular formula is C29H26ClNO6. The van der Waals surface area contributed by atoms with Gasteiger partial charge in [-0.15, -0.1) is 0 Å². The minimum atomic E-state index is -0.986. The molecule has 0 radical (unpaired) electrons. The van der Waals surface area contributed by atoms with E-state index in [1.807, 2.05) is 13.8 Å². The quantitative estimate of drug-likeness (QED) is 0.255. The van der Waals surface area contributed by atoms with Gasteiger partial charge in [-0.2, -0.15) is 0 Å². The van der Waals surface area contributed by atoms with Crippen molar-refractivity contribution in [1.29, 1.82) is 0 Å². The minimum absolute atomic E-state index is 0.0118. The molecule has 3 aromatic rings. The van der Waals surface area contributed by atoms with Crippen molar-refractivity contribution in [2.75, 3.05) is 11.5 Å². The summed E-state index contributed by atoms with van der Waals surface area (Å²) >= 11 is 6.27. The van der Waals surface area contributed by atoms with Crippen LogP contribution in [0.2, 0.25) is 5.02 Å². The number of halogens is 1. The summed E-state index contributed by atoms with van der Waals surface area (Å²) in [7, 11) is 0. The van der Waals surface area contributed by atoms with Gasteiger partial charge in [0.1, 0.15) is 17.6 Å². The number of ether oxygens (including phenoxy) is 2. The number of carbonyl (C=O) groups excluding carboxylic acids is 2. The van der Waals surface area contributed by atoms with Crippen molar-refractivity contribution in [2.24, 2.45) is 0 Å². The highest BCUT2D eigenvalue weighted by Crippen LogP contribution is 2.45. The van der Waals surface area contributed by atoms with Crippen LogP contribution in [0, 0.1) is 6.92 Å². The summed E-state index contributed by atoms with van der Waals surface area (Å²) in [4.78, 5) is 28.3. The number of aliphatic hydroxyl groups excluding tert-OH is 1. The zero-order valence-electron chi connectivity index (χ0n) is 20.6. The molecule has 37 heavy (non-hydrogen) atoms. The number of fused-ring (bicyclic) bond motifs is 1. The van der Waals surface area contributed by atoms with Crippen molar-refractivity contribution in [3.63, 3.8) is 0 Å². The van der Waals surface area contributed by atoms with Crippen molar-refractivity contribution in [2.45, 2.75) is 39.3 Å². The summed E-state index contributed by atoms with van der Waals surface area (Å²) in [5.74, 6) is -1.04. The molecule has 3 aromatic carbocycles. The Morgan fingerprint density at radius 3 is 2.68 bits per heavy atom. The predicted octanol–water partition coefficient (Wildman–Crippen LogP) is 5.70. The molecule has 1 amide bonds. The Balaban J connectivity index is 1.73. The lowest BCUT2D eigenvalue weighted by molar-refractivity contribution is -0.132. The molecule has 2 unspecified atom stereocenters. The summed E-state index contributed by atoms with van der Waals surface area (Å²) in [6, 6.07) is 13.9. The lowest BCUT2D eigenvalue weighted by Gasteiger charge is -2.27. The predicted molar refractivity (Wildman–Crippen MR) is 140 cm³/mol. The van der Waals surface area contributed by atoms with Gasteiger partial charge in [0, 0.05) is 22.7 Å². The molecule has 2 aliphatic rings. The van der Waals surface area contributed by atoms with Crippen molar-refractivity contribution in [3.8, 4) is 17.2 Å². The third kappa shape index (κ3) is 4.29. The molecule has 2 N–H and O–H groups in total. The number of nitrogens with zero attached hydrogens (tertiary/aromatic N) is 1. The van der Waals surface area contributed by atoms with Crippen molar-refractivity contribution >= 4 is 34.7 Å². The second-order valence-electron chi connectivity index (χ2n) is 9.22. The summed E-state index contributed by atoms with van der Waals surface area (Å²) in [5, 5.41) is 22.2. The van der Waals surface area contributed by atoms with E-state index < -0.39 is 17.7 Å². The molecule has 2 aliphatic heterocycles. The highest BCUT2D eigenvalue weighted by atomic mass is 35.5. The van der Waals surface area contributed by atoms with Crippen LogP contribution in [-0.4, -0.2) is 34.6 Å². The first-order chi connectivity index (χ1) is 17.7. The molecule has 0 spiro atoms. The van der Waals surface area contributed by atoms with Gasteiger partial charge in [-0.05, 0) is 79.9 Å². The third-order valence-electron chi connectivity index (χ3n) is 6.64. The Hall–Kier alpha value is -3.97. The summed E-state index contributed by atoms with van der Waals surface area (Å²) in [5.41, 5.74) is 2.91. The number of aryl methyl sites for hydroxylation is 1. The van der Waals surface area contributed by atoms with E-state index in [0.717, 1.165) is 16.9 Å². The van der Waals surface area contributed by atoms with Crippen molar-refractivity contribution < 1.29 is 29.3 Å². The highest BCUT2D eigenvalue weighted by molar-refractivity contribution is 6.52. The molecule has 0 saturated carbocycles. The van der Waals surface area contributed by atoms with Crippen LogP contribution in [0.5, 0.6) is 17.2 Å². The zero-order chi connectivity index (χ0) is 26.4. The number of hydrogen-bond donors (Lipinski definition) is 2. The Labute approximate surface area is 219 Å². The maximum absolute atomic E-state index is 13.5. The first kappa shape index (κ1) is 24.7. The van der Waals surface area contributed by atoms with Crippen LogP contribution in [-0.2, 0) is 16.0 Å². The number of hydrogen-bond acceptors (Lipinski definition) is 6. The number of rotatable bonds is 5. The Morgan fingerprint density at radius 1 is 1.14 bits per heavy atom. The van der Waals surface area contributed by atoms with Gasteiger partial charge in [-0.1, -0.05) is 23.7 Å². The number of anilines is 1. The number of amides is 1. The largest absolute Gasteiger partial charge is 0.507 e. The van der Waals surface area contributed by atoms with E-state index in [4.69, 9.17) is 21.1 Å². The van der Waals surface area contributed by atoms with E-state index in [-0.39, 0.29) is 28.9 Å². The molecule has 1 fully saturated rings. The summed E-state index contributed by atoms with van der Waals surface area (Å²) < 4.78 is 11.3. The van der Waals surface area contributed by atoms with Gasteiger partial charge in [0.25, 0.3) is 11.7 Å². The number of aliphatic hydroxyl groups is 1. The molecular weight excluding hydrogens is 494 g/mol. The van der Waals surface area contributed by atoms with Gasteiger partial charge < -0.3 is 19.7 Å². The van der Waals surface area contributed by atoms with Crippen LogP contribution >= 0.6 is 11.6 Å². The standard InChI is InChI=1S/C29H26ClNO6/c1-4-36-24-13-17(6-9-22(24)32)26-25(27(33)18-7-10-23-19(12-18)11-16(3)37-23)28(34)29(35)31(26)21-14-20(30)8-5-15(21)2/h5-10,12-14,16,26,32-33H,4,11H2,1-3H3/b27-25+. The molecule has 8 heteroatoms. The van der Waals surface area contributed by atoms with Crippen LogP contribution in [0.25, 0.3) is 5.76 Å². The highest BCUT2D eigenvalue weighted by Gasteiger charge is 2.47. The average molecular weight is 520 g/mol. The Kier molecular flexibility index (Phi) is 6.33. The zero-order valence-corrected chi connectivity index (χ0v) is 21.4. The van der Waals surface area contributed by atoms with Gasteiger partial charge in [-0.3, -0.25) is 14.5 Å². The molecule has 2 heterocycles. The number of benzene rings is 3. The monoisotopic (exact) mass is 519 g/mol. The van der Waals surface area contributed by atoms with Gasteiger partial charge in [0.05, 0.1) is 18.2 Å². The van der Waals surface area contributed by atoms with E-state index in [9.17, 15) is 19.8 Å². The smallest absolute Gasteiger partial charge is 0.300 e. The van der Waals surface area contributed by atoms with Crippen LogP contribution in [0.3, 0.4) is 0 Å². The van der Waals surface area contributed by atoms with E-state index in [1.165, 1.54) is 11.0 Å². The van der Waals surface area contributed by atoms with Crippen molar-refractivity contribution in [3.05, 3.63) is 87.4 Å². The number of aromatic hydroxyl groups is 1. The first-order valence-corrected chi connectivity index (χ1v) is 12.4. The lowest BCUT2D eigenvalue weighted by Crippen LogP contribution is -2.30. The van der Waals surface area contributed by atoms with Crippen LogP contribution in [0.1, 0.15) is 42.1 Å². The van der Waals surface area contributed by atoms with Gasteiger partial charge in [0.15, 0.2) is 11.5 Å². The summed E-state index contributed by atoms with van der Waals surface area (Å²) in [6.45, 7) is 5.86. The maximum Gasteiger partial charge on any atom is 0.300 e. The average Bonchev–Trinajstić information content (AvgIpc) is 3.37. The molecule has 5 rings (SSSR count). The second kappa shape index (κ2) is 9.48. The fraction of sp³-hybridized carbons (Fsp3) is 0.241. The molecule has 2 atom stereocenters. The molecule has 0 aliphatic carbocycles. The van der Waals surface area contributed by atoms with Crippen molar-refractivity contribution in [1.82, 2.24) is 0 Å². The van der Waals surface area contributed by atoms with Crippen LogP contribution < -0.4 is 14.4 Å². The number of phenolic OH excluding ortho intramolecular Hbond substituents is 1. The first-order valence-electron chi connectivity index (χ1n) is 12.0. The fourth-order valence-corrected chi connectivity index (χ4v) is 5.10. The van der Waals surface area contributed by atoms with Gasteiger partial charge in [-0.25, -0.2) is 0 Å². The lowest BCUT2D eigenvalue weighted by atomic mass is 9.94. The molecule has 190 valence electrons. The van der Waals surface area contributed by atoms with Gasteiger partial charge in [0.2, 0.25) is 0 Å². The SMILES string of the molecule is CCOc1cc(C2/C(=C(\O)c3ccc4c(c3)CC(C)O4)C(=O)C(=O)N2c2cc(Cl)ccc2C)ccc1O. The normalized spacial score (nSPS) is 20.2. The fourth-order valence-electron chi connectivity index (χ4n) is 4.94. The Bertz CT molecular complexity index is 1460. The summed E-state index contributed by atoms with van der Waals surface area (Å²) in [6.07, 6.45) is 0.684. The molecule has 7 nitrogen and oxygen atoms in total. The van der Waals surface area contributed by atoms with Crippen LogP contribution in [0.15, 0.2) is 60.2 Å². The van der Waals surface area contributed by atoms with E-state index >= 15 is 0 Å². The maximum atomic E-state index is 13.5. The Morgan fingerprint density at radius 2 is 1.92 bits per heavy atom. The van der Waals surface area contributed by atoms with E-state index in [2.05, 4.69) is 0 Å². The second-order valence-corrected chi connectivity index (χ2v) is 9.65.